The number of nitrogens with two attached hydrogens (primary N) is 1. The Morgan fingerprint density at radius 3 is 2.12 bits per heavy atom. The molecule has 1 aliphatic rings. The molecule has 1 aliphatic heterocycles. The molecule has 2 N–H and O–H groups in total. The number of rotatable bonds is 3. The van der Waals surface area contributed by atoms with Crippen molar-refractivity contribution >= 4 is 11.8 Å². The lowest BCUT2D eigenvalue weighted by Crippen LogP contribution is -2.53. The summed E-state index contributed by atoms with van der Waals surface area (Å²) in [4.78, 5) is 26.5. The molecule has 1 heterocycles. The van der Waals surface area contributed by atoms with Gasteiger partial charge in [-0.15, -0.1) is 0 Å². The van der Waals surface area contributed by atoms with Crippen molar-refractivity contribution < 1.29 is 9.59 Å². The average molecular weight is 227 g/mol. The Morgan fingerprint density at radius 2 is 1.69 bits per heavy atom. The number of hydrogen-bond donors (Lipinski definition) is 1. The first-order chi connectivity index (χ1) is 7.56. The highest BCUT2D eigenvalue weighted by molar-refractivity contribution is 5.82. The summed E-state index contributed by atoms with van der Waals surface area (Å²) in [5.74, 6) is 0.0926. The first kappa shape index (κ1) is 13.0. The molecule has 0 unspecified atom stereocenters. The van der Waals surface area contributed by atoms with E-state index in [-0.39, 0.29) is 17.9 Å². The van der Waals surface area contributed by atoms with Crippen LogP contribution >= 0.6 is 0 Å². The van der Waals surface area contributed by atoms with Crippen LogP contribution in [0.1, 0.15) is 26.7 Å². The minimum Gasteiger partial charge on any atom is -0.339 e. The molecular formula is C11H21N3O2. The van der Waals surface area contributed by atoms with Crippen LogP contribution in [0.4, 0.5) is 0 Å². The molecule has 1 rings (SSSR count). The largest absolute Gasteiger partial charge is 0.339 e. The van der Waals surface area contributed by atoms with Gasteiger partial charge in [-0.1, -0.05) is 13.3 Å². The number of piperazine rings is 1. The second-order valence-corrected chi connectivity index (χ2v) is 4.23. The molecule has 1 fully saturated rings. The lowest BCUT2D eigenvalue weighted by molar-refractivity contribution is -0.139. The van der Waals surface area contributed by atoms with Crippen LogP contribution in [0.25, 0.3) is 0 Å². The van der Waals surface area contributed by atoms with Gasteiger partial charge < -0.3 is 15.5 Å². The van der Waals surface area contributed by atoms with Gasteiger partial charge in [0.2, 0.25) is 11.8 Å². The summed E-state index contributed by atoms with van der Waals surface area (Å²) in [5.41, 5.74) is 5.78. The quantitative estimate of drug-likeness (QED) is 0.726. The van der Waals surface area contributed by atoms with E-state index in [1.54, 1.807) is 16.7 Å². The van der Waals surface area contributed by atoms with Gasteiger partial charge in [0.15, 0.2) is 0 Å². The molecule has 0 aromatic carbocycles. The standard InChI is InChI=1S/C11H21N3O2/c1-3-4-10(12)11(16)14-7-5-13(6-8-14)9(2)15/h10H,3-8,12H2,1-2H3/t10-/m0/s1. The Labute approximate surface area is 96.6 Å². The molecule has 16 heavy (non-hydrogen) atoms. The molecule has 92 valence electrons. The van der Waals surface area contributed by atoms with E-state index < -0.39 is 0 Å². The summed E-state index contributed by atoms with van der Waals surface area (Å²) in [6, 6.07) is -0.381. The smallest absolute Gasteiger partial charge is 0.239 e. The fourth-order valence-electron chi connectivity index (χ4n) is 1.91. The summed E-state index contributed by atoms with van der Waals surface area (Å²) in [5, 5.41) is 0. The minimum absolute atomic E-state index is 0.0186. The van der Waals surface area contributed by atoms with Gasteiger partial charge in [-0.3, -0.25) is 9.59 Å². The molecule has 0 aliphatic carbocycles. The lowest BCUT2D eigenvalue weighted by Gasteiger charge is -2.35. The maximum Gasteiger partial charge on any atom is 0.239 e. The zero-order chi connectivity index (χ0) is 12.1. The van der Waals surface area contributed by atoms with E-state index in [0.29, 0.717) is 26.2 Å². The summed E-state index contributed by atoms with van der Waals surface area (Å²) in [7, 11) is 0. The summed E-state index contributed by atoms with van der Waals surface area (Å²) in [6.45, 7) is 6.03. The van der Waals surface area contributed by atoms with Gasteiger partial charge in [0, 0.05) is 33.1 Å². The molecule has 1 atom stereocenters. The molecule has 0 aromatic heterocycles. The highest BCUT2D eigenvalue weighted by Gasteiger charge is 2.25. The maximum atomic E-state index is 11.9. The van der Waals surface area contributed by atoms with Crippen molar-refractivity contribution in [2.24, 2.45) is 5.73 Å². The minimum atomic E-state index is -0.381. The van der Waals surface area contributed by atoms with Crippen molar-refractivity contribution in [3.63, 3.8) is 0 Å². The molecule has 0 aromatic rings. The average Bonchev–Trinajstić information content (AvgIpc) is 2.28. The van der Waals surface area contributed by atoms with Gasteiger partial charge in [-0.05, 0) is 6.42 Å². The summed E-state index contributed by atoms with van der Waals surface area (Å²) in [6.07, 6.45) is 1.64. The van der Waals surface area contributed by atoms with Gasteiger partial charge >= 0.3 is 0 Å². The third kappa shape index (κ3) is 3.20. The monoisotopic (exact) mass is 227 g/mol. The first-order valence-electron chi connectivity index (χ1n) is 5.86. The van der Waals surface area contributed by atoms with Crippen molar-refractivity contribution in [2.75, 3.05) is 26.2 Å². The highest BCUT2D eigenvalue weighted by Crippen LogP contribution is 2.06. The van der Waals surface area contributed by atoms with Gasteiger partial charge in [0.25, 0.3) is 0 Å². The van der Waals surface area contributed by atoms with Crippen molar-refractivity contribution in [1.29, 1.82) is 0 Å². The molecule has 1 saturated heterocycles. The second-order valence-electron chi connectivity index (χ2n) is 4.23. The zero-order valence-electron chi connectivity index (χ0n) is 10.1. The van der Waals surface area contributed by atoms with Crippen LogP contribution in [0.3, 0.4) is 0 Å². The predicted molar refractivity (Wildman–Crippen MR) is 61.7 cm³/mol. The SMILES string of the molecule is CCC[C@H](N)C(=O)N1CCN(C(C)=O)CC1. The molecule has 0 saturated carbocycles. The highest BCUT2D eigenvalue weighted by atomic mass is 16.2. The fourth-order valence-corrected chi connectivity index (χ4v) is 1.91. The van der Waals surface area contributed by atoms with Crippen LogP contribution in [0.5, 0.6) is 0 Å². The third-order valence-electron chi connectivity index (χ3n) is 2.95. The first-order valence-corrected chi connectivity index (χ1v) is 5.86. The number of carbonyl (C=O) groups excluding carboxylic acids is 2. The zero-order valence-corrected chi connectivity index (χ0v) is 10.1. The Kier molecular flexibility index (Phi) is 4.73. The number of amides is 2. The van der Waals surface area contributed by atoms with E-state index in [1.807, 2.05) is 6.92 Å². The van der Waals surface area contributed by atoms with E-state index in [1.165, 1.54) is 0 Å². The Morgan fingerprint density at radius 1 is 1.19 bits per heavy atom. The van der Waals surface area contributed by atoms with Gasteiger partial charge in [0.05, 0.1) is 6.04 Å². The van der Waals surface area contributed by atoms with E-state index in [0.717, 1.165) is 12.8 Å². The number of nitrogens with zero attached hydrogens (tertiary/aromatic N) is 2. The van der Waals surface area contributed by atoms with E-state index in [9.17, 15) is 9.59 Å². The third-order valence-corrected chi connectivity index (χ3v) is 2.95. The van der Waals surface area contributed by atoms with E-state index in [4.69, 9.17) is 5.73 Å². The van der Waals surface area contributed by atoms with Crippen molar-refractivity contribution in [3.8, 4) is 0 Å². The van der Waals surface area contributed by atoms with Gasteiger partial charge in [0.1, 0.15) is 0 Å². The Hall–Kier alpha value is -1.10. The van der Waals surface area contributed by atoms with Crippen LogP contribution in [0, 0.1) is 0 Å². The summed E-state index contributed by atoms with van der Waals surface area (Å²) >= 11 is 0. The van der Waals surface area contributed by atoms with E-state index >= 15 is 0 Å². The van der Waals surface area contributed by atoms with Crippen LogP contribution in [-0.4, -0.2) is 53.8 Å². The van der Waals surface area contributed by atoms with Crippen molar-refractivity contribution in [1.82, 2.24) is 9.80 Å². The van der Waals surface area contributed by atoms with E-state index in [2.05, 4.69) is 0 Å². The van der Waals surface area contributed by atoms with Gasteiger partial charge in [-0.25, -0.2) is 0 Å². The second kappa shape index (κ2) is 5.84. The Balaban J connectivity index is 2.41. The van der Waals surface area contributed by atoms with Crippen LogP contribution in [-0.2, 0) is 9.59 Å². The number of carbonyl (C=O) groups is 2. The van der Waals surface area contributed by atoms with Crippen LogP contribution < -0.4 is 5.73 Å². The Bertz CT molecular complexity index is 260. The molecule has 2 amide bonds. The lowest BCUT2D eigenvalue weighted by atomic mass is 10.1. The predicted octanol–water partition coefficient (Wildman–Crippen LogP) is -0.195. The normalized spacial score (nSPS) is 18.4. The summed E-state index contributed by atoms with van der Waals surface area (Å²) < 4.78 is 0. The molecule has 0 spiro atoms. The van der Waals surface area contributed by atoms with Crippen molar-refractivity contribution in [2.45, 2.75) is 32.7 Å². The molecule has 5 heteroatoms. The molecule has 0 radical (unpaired) electrons. The molecular weight excluding hydrogens is 206 g/mol. The molecule has 5 nitrogen and oxygen atoms in total. The van der Waals surface area contributed by atoms with Crippen LogP contribution in [0.15, 0.2) is 0 Å². The molecule has 0 bridgehead atoms. The van der Waals surface area contributed by atoms with Crippen LogP contribution in [0.2, 0.25) is 0 Å². The van der Waals surface area contributed by atoms with Crippen molar-refractivity contribution in [3.05, 3.63) is 0 Å². The maximum absolute atomic E-state index is 11.9. The number of hydrogen-bond acceptors (Lipinski definition) is 3. The fraction of sp³-hybridized carbons (Fsp3) is 0.818. The topological polar surface area (TPSA) is 66.6 Å². The van der Waals surface area contributed by atoms with Gasteiger partial charge in [-0.2, -0.15) is 0 Å².